The molecule has 2 heteroatoms. The maximum atomic E-state index is 10.9. The van der Waals surface area contributed by atoms with Gasteiger partial charge in [0, 0.05) is 0 Å². The molecule has 0 spiro atoms. The van der Waals surface area contributed by atoms with Crippen molar-refractivity contribution in [2.24, 2.45) is 0 Å². The third-order valence-corrected chi connectivity index (χ3v) is 1.94. The maximum Gasteiger partial charge on any atom is 0.143 e. The van der Waals surface area contributed by atoms with Crippen molar-refractivity contribution >= 4 is 5.78 Å². The predicted octanol–water partition coefficient (Wildman–Crippen LogP) is 1.31. The number of Topliss-reactive ketones (excluding diaryl/α,β-unsaturated/α-hetero) is 1. The summed E-state index contributed by atoms with van der Waals surface area (Å²) in [6.45, 7) is 8.71. The minimum Gasteiger partial charge on any atom is -0.299 e. The van der Waals surface area contributed by atoms with E-state index in [2.05, 4.69) is 5.92 Å². The van der Waals surface area contributed by atoms with Gasteiger partial charge in [0.15, 0.2) is 0 Å². The standard InChI is InChI=1S/C10H17NO/c1-6-10(4,5)11(7-2)8-9(3)12/h1H,7-8H2,2-5H3. The van der Waals surface area contributed by atoms with Crippen LogP contribution in [0.1, 0.15) is 27.7 Å². The van der Waals surface area contributed by atoms with E-state index >= 15 is 0 Å². The minimum absolute atomic E-state index is 0.153. The second kappa shape index (κ2) is 4.27. The monoisotopic (exact) mass is 167 g/mol. The van der Waals surface area contributed by atoms with Crippen molar-refractivity contribution in [3.63, 3.8) is 0 Å². The molecule has 0 radical (unpaired) electrons. The molecule has 68 valence electrons. The Hall–Kier alpha value is -0.810. The molecule has 0 aliphatic rings. The third kappa shape index (κ3) is 3.06. The maximum absolute atomic E-state index is 10.9. The van der Waals surface area contributed by atoms with E-state index in [9.17, 15) is 4.79 Å². The van der Waals surface area contributed by atoms with Gasteiger partial charge in [-0.2, -0.15) is 0 Å². The van der Waals surface area contributed by atoms with Crippen LogP contribution in [0.25, 0.3) is 0 Å². The first-order valence-corrected chi connectivity index (χ1v) is 4.16. The van der Waals surface area contributed by atoms with E-state index in [1.165, 1.54) is 0 Å². The van der Waals surface area contributed by atoms with Crippen LogP contribution < -0.4 is 0 Å². The lowest BCUT2D eigenvalue weighted by Gasteiger charge is -2.32. The van der Waals surface area contributed by atoms with Gasteiger partial charge in [-0.1, -0.05) is 12.8 Å². The zero-order valence-corrected chi connectivity index (χ0v) is 8.35. The van der Waals surface area contributed by atoms with Crippen LogP contribution in [-0.4, -0.2) is 29.3 Å². The van der Waals surface area contributed by atoms with Crippen molar-refractivity contribution in [3.8, 4) is 12.3 Å². The zero-order chi connectivity index (χ0) is 9.78. The second-order valence-corrected chi connectivity index (χ2v) is 3.42. The highest BCUT2D eigenvalue weighted by Gasteiger charge is 2.23. The van der Waals surface area contributed by atoms with Gasteiger partial charge in [0.1, 0.15) is 5.78 Å². The molecule has 0 aliphatic heterocycles. The summed E-state index contributed by atoms with van der Waals surface area (Å²) >= 11 is 0. The average molecular weight is 167 g/mol. The van der Waals surface area contributed by atoms with Crippen molar-refractivity contribution < 1.29 is 4.79 Å². The van der Waals surface area contributed by atoms with Gasteiger partial charge in [-0.3, -0.25) is 9.69 Å². The Bertz CT molecular complexity index is 200. The van der Waals surface area contributed by atoms with Gasteiger partial charge < -0.3 is 0 Å². The van der Waals surface area contributed by atoms with E-state index < -0.39 is 0 Å². The Balaban J connectivity index is 4.36. The number of rotatable bonds is 4. The minimum atomic E-state index is -0.319. The molecule has 0 aromatic carbocycles. The molecule has 0 bridgehead atoms. The Morgan fingerprint density at radius 1 is 1.58 bits per heavy atom. The second-order valence-electron chi connectivity index (χ2n) is 3.42. The van der Waals surface area contributed by atoms with Crippen LogP contribution in [0.4, 0.5) is 0 Å². The summed E-state index contributed by atoms with van der Waals surface area (Å²) in [7, 11) is 0. The number of nitrogens with zero attached hydrogens (tertiary/aromatic N) is 1. The van der Waals surface area contributed by atoms with Crippen molar-refractivity contribution in [1.29, 1.82) is 0 Å². The van der Waals surface area contributed by atoms with E-state index in [0.29, 0.717) is 6.54 Å². The predicted molar refractivity (Wildman–Crippen MR) is 50.8 cm³/mol. The fraction of sp³-hybridized carbons (Fsp3) is 0.700. The Morgan fingerprint density at radius 2 is 2.08 bits per heavy atom. The molecule has 0 aliphatic carbocycles. The molecule has 0 unspecified atom stereocenters. The summed E-state index contributed by atoms with van der Waals surface area (Å²) in [6, 6.07) is 0. The Labute approximate surface area is 74.9 Å². The molecule has 0 fully saturated rings. The highest BCUT2D eigenvalue weighted by Crippen LogP contribution is 2.11. The molecule has 0 rings (SSSR count). The first-order valence-electron chi connectivity index (χ1n) is 4.16. The molecular weight excluding hydrogens is 150 g/mol. The highest BCUT2D eigenvalue weighted by atomic mass is 16.1. The van der Waals surface area contributed by atoms with Crippen molar-refractivity contribution in [3.05, 3.63) is 0 Å². The quantitative estimate of drug-likeness (QED) is 0.588. The van der Waals surface area contributed by atoms with Crippen LogP contribution in [0.15, 0.2) is 0 Å². The fourth-order valence-corrected chi connectivity index (χ4v) is 1.06. The first kappa shape index (κ1) is 11.2. The van der Waals surface area contributed by atoms with Gasteiger partial charge in [0.05, 0.1) is 12.1 Å². The Morgan fingerprint density at radius 3 is 2.33 bits per heavy atom. The largest absolute Gasteiger partial charge is 0.299 e. The molecule has 0 aromatic heterocycles. The van der Waals surface area contributed by atoms with Gasteiger partial charge in [0.2, 0.25) is 0 Å². The molecule has 12 heavy (non-hydrogen) atoms. The summed E-state index contributed by atoms with van der Waals surface area (Å²) in [5.74, 6) is 2.82. The van der Waals surface area contributed by atoms with E-state index in [1.807, 2.05) is 25.7 Å². The van der Waals surface area contributed by atoms with Gasteiger partial charge in [-0.05, 0) is 27.3 Å². The number of likely N-dealkylation sites (N-methyl/N-ethyl adjacent to an activating group) is 1. The molecule has 0 aromatic rings. The summed E-state index contributed by atoms with van der Waals surface area (Å²) in [5.41, 5.74) is -0.319. The summed E-state index contributed by atoms with van der Waals surface area (Å²) in [6.07, 6.45) is 5.36. The molecule has 0 amide bonds. The lowest BCUT2D eigenvalue weighted by molar-refractivity contribution is -0.118. The first-order chi connectivity index (χ1) is 5.44. The highest BCUT2D eigenvalue weighted by molar-refractivity contribution is 5.77. The summed E-state index contributed by atoms with van der Waals surface area (Å²) in [4.78, 5) is 12.8. The van der Waals surface area contributed by atoms with Crippen molar-refractivity contribution in [2.45, 2.75) is 33.2 Å². The summed E-state index contributed by atoms with van der Waals surface area (Å²) < 4.78 is 0. The van der Waals surface area contributed by atoms with E-state index in [4.69, 9.17) is 6.42 Å². The van der Waals surface area contributed by atoms with Gasteiger partial charge in [-0.25, -0.2) is 0 Å². The van der Waals surface area contributed by atoms with Crippen LogP contribution >= 0.6 is 0 Å². The van der Waals surface area contributed by atoms with E-state index in [-0.39, 0.29) is 11.3 Å². The van der Waals surface area contributed by atoms with Crippen LogP contribution in [0.3, 0.4) is 0 Å². The van der Waals surface area contributed by atoms with Gasteiger partial charge >= 0.3 is 0 Å². The Kier molecular flexibility index (Phi) is 3.99. The van der Waals surface area contributed by atoms with Crippen LogP contribution in [0, 0.1) is 12.3 Å². The van der Waals surface area contributed by atoms with E-state index in [0.717, 1.165) is 6.54 Å². The molecular formula is C10H17NO. The smallest absolute Gasteiger partial charge is 0.143 e. The number of hydrogen-bond acceptors (Lipinski definition) is 2. The number of carbonyl (C=O) groups excluding carboxylic acids is 1. The van der Waals surface area contributed by atoms with Crippen molar-refractivity contribution in [1.82, 2.24) is 4.90 Å². The number of ketones is 1. The average Bonchev–Trinajstić information content (AvgIpc) is 1.99. The van der Waals surface area contributed by atoms with Gasteiger partial charge in [0.25, 0.3) is 0 Å². The third-order valence-electron chi connectivity index (χ3n) is 1.94. The number of terminal acetylenes is 1. The lowest BCUT2D eigenvalue weighted by Crippen LogP contribution is -2.44. The molecule has 0 N–H and O–H groups in total. The van der Waals surface area contributed by atoms with Crippen LogP contribution in [-0.2, 0) is 4.79 Å². The molecule has 0 atom stereocenters. The normalized spacial score (nSPS) is 11.3. The molecule has 0 saturated heterocycles. The fourth-order valence-electron chi connectivity index (χ4n) is 1.06. The topological polar surface area (TPSA) is 20.3 Å². The molecule has 0 saturated carbocycles. The summed E-state index contributed by atoms with van der Waals surface area (Å²) in [5, 5.41) is 0. The molecule has 0 heterocycles. The number of hydrogen-bond donors (Lipinski definition) is 0. The molecule has 2 nitrogen and oxygen atoms in total. The van der Waals surface area contributed by atoms with Gasteiger partial charge in [-0.15, -0.1) is 6.42 Å². The van der Waals surface area contributed by atoms with E-state index in [1.54, 1.807) is 6.92 Å². The van der Waals surface area contributed by atoms with Crippen LogP contribution in [0.2, 0.25) is 0 Å². The van der Waals surface area contributed by atoms with Crippen LogP contribution in [0.5, 0.6) is 0 Å². The zero-order valence-electron chi connectivity index (χ0n) is 8.35. The lowest BCUT2D eigenvalue weighted by atomic mass is 10.0. The number of carbonyl (C=O) groups is 1. The SMILES string of the molecule is C#CC(C)(C)N(CC)CC(C)=O. The van der Waals surface area contributed by atoms with Crippen molar-refractivity contribution in [2.75, 3.05) is 13.1 Å².